The summed E-state index contributed by atoms with van der Waals surface area (Å²) in [5.41, 5.74) is 4.03. The second kappa shape index (κ2) is 9.30. The number of nitrogens with zero attached hydrogens (tertiary/aromatic N) is 4. The predicted octanol–water partition coefficient (Wildman–Crippen LogP) is 3.99. The Labute approximate surface area is 171 Å². The van der Waals surface area contributed by atoms with Crippen molar-refractivity contribution in [2.24, 2.45) is 0 Å². The van der Waals surface area contributed by atoms with Crippen LogP contribution in [0.4, 0.5) is 5.95 Å². The Morgan fingerprint density at radius 2 is 2.03 bits per heavy atom. The summed E-state index contributed by atoms with van der Waals surface area (Å²) in [5, 5.41) is 3.36. The van der Waals surface area contributed by atoms with Gasteiger partial charge in [0, 0.05) is 42.8 Å². The Kier molecular flexibility index (Phi) is 6.12. The molecule has 0 spiro atoms. The third-order valence-corrected chi connectivity index (χ3v) is 4.66. The smallest absolute Gasteiger partial charge is 0.227 e. The van der Waals surface area contributed by atoms with Crippen molar-refractivity contribution in [2.75, 3.05) is 32.1 Å². The van der Waals surface area contributed by atoms with Crippen molar-refractivity contribution >= 4 is 5.95 Å². The molecule has 1 aliphatic carbocycles. The monoisotopic (exact) mass is 387 g/mol. The van der Waals surface area contributed by atoms with Gasteiger partial charge in [-0.25, -0.2) is 15.0 Å². The Morgan fingerprint density at radius 1 is 1.10 bits per heavy atom. The standard InChI is InChI=1S/C23H25N5O/c1-28-13-5-2-6-14-29-22-16-19(9-11-24-22)21-10-12-25-23(27-21)26-20-8-4-3-7-18(15-20)17-28/h2-3,5,7-12,15-16H,4,6,13-14,17H2,1H3,(H,25,26,27)/b5-2+. The lowest BCUT2D eigenvalue weighted by atomic mass is 10.2. The Balaban J connectivity index is 1.66. The summed E-state index contributed by atoms with van der Waals surface area (Å²) >= 11 is 0. The number of aromatic nitrogens is 3. The lowest BCUT2D eigenvalue weighted by molar-refractivity contribution is 0.312. The summed E-state index contributed by atoms with van der Waals surface area (Å²) in [5.74, 6) is 1.18. The minimum atomic E-state index is 0.572. The van der Waals surface area contributed by atoms with Crippen LogP contribution in [0.15, 0.2) is 78.3 Å². The van der Waals surface area contributed by atoms with Crippen LogP contribution in [-0.2, 0) is 0 Å². The van der Waals surface area contributed by atoms with Gasteiger partial charge >= 0.3 is 0 Å². The zero-order valence-electron chi connectivity index (χ0n) is 16.6. The van der Waals surface area contributed by atoms with E-state index in [1.165, 1.54) is 5.57 Å². The first-order chi connectivity index (χ1) is 14.3. The molecular formula is C23H25N5O. The van der Waals surface area contributed by atoms with Crippen LogP contribution in [0.5, 0.6) is 5.88 Å². The molecule has 6 heteroatoms. The van der Waals surface area contributed by atoms with Crippen molar-refractivity contribution in [2.45, 2.75) is 12.8 Å². The highest BCUT2D eigenvalue weighted by Gasteiger charge is 2.08. The molecule has 6 nitrogen and oxygen atoms in total. The van der Waals surface area contributed by atoms with Crippen LogP contribution in [0, 0.1) is 0 Å². The van der Waals surface area contributed by atoms with Crippen LogP contribution in [0.1, 0.15) is 12.8 Å². The molecule has 1 N–H and O–H groups in total. The average molecular weight is 387 g/mol. The SMILES string of the molecule is CN1C/C=C/CCOc2cc(ccn2)-c2ccnc(n2)NC2=CCC=CC(=C2)C1. The Morgan fingerprint density at radius 3 is 3.00 bits per heavy atom. The third-order valence-electron chi connectivity index (χ3n) is 4.66. The molecule has 0 amide bonds. The molecule has 3 heterocycles. The van der Waals surface area contributed by atoms with Crippen LogP contribution in [0.2, 0.25) is 0 Å². The molecule has 0 atom stereocenters. The maximum absolute atomic E-state index is 5.81. The molecule has 2 aliphatic rings. The van der Waals surface area contributed by atoms with E-state index < -0.39 is 0 Å². The summed E-state index contributed by atoms with van der Waals surface area (Å²) in [4.78, 5) is 15.7. The van der Waals surface area contributed by atoms with Gasteiger partial charge in [0.05, 0.1) is 12.3 Å². The van der Waals surface area contributed by atoms with Crippen LogP contribution >= 0.6 is 0 Å². The third kappa shape index (κ3) is 5.39. The molecule has 0 saturated carbocycles. The van der Waals surface area contributed by atoms with E-state index in [-0.39, 0.29) is 0 Å². The van der Waals surface area contributed by atoms with E-state index in [0.717, 1.165) is 42.9 Å². The van der Waals surface area contributed by atoms with Gasteiger partial charge in [-0.1, -0.05) is 30.4 Å². The highest BCUT2D eigenvalue weighted by Crippen LogP contribution is 2.22. The molecular weight excluding hydrogens is 362 g/mol. The van der Waals surface area contributed by atoms with Gasteiger partial charge in [0.2, 0.25) is 11.8 Å². The number of hydrogen-bond acceptors (Lipinski definition) is 6. The van der Waals surface area contributed by atoms with Gasteiger partial charge in [-0.05, 0) is 43.7 Å². The van der Waals surface area contributed by atoms with Gasteiger partial charge in [-0.3, -0.25) is 4.90 Å². The van der Waals surface area contributed by atoms with Crippen molar-refractivity contribution in [1.82, 2.24) is 19.9 Å². The number of anilines is 1. The molecule has 0 unspecified atom stereocenters. The molecule has 148 valence electrons. The molecule has 29 heavy (non-hydrogen) atoms. The van der Waals surface area contributed by atoms with Gasteiger partial charge in [0.25, 0.3) is 0 Å². The number of fused-ring (bicyclic) bond motifs is 6. The number of nitrogens with one attached hydrogen (secondary N) is 1. The van der Waals surface area contributed by atoms with E-state index >= 15 is 0 Å². The van der Waals surface area contributed by atoms with Gasteiger partial charge in [0.15, 0.2) is 0 Å². The highest BCUT2D eigenvalue weighted by atomic mass is 16.5. The number of rotatable bonds is 0. The zero-order chi connectivity index (χ0) is 19.9. The molecule has 0 aromatic carbocycles. The van der Waals surface area contributed by atoms with Crippen molar-refractivity contribution in [3.8, 4) is 17.1 Å². The normalized spacial score (nSPS) is 18.8. The Hall–Kier alpha value is -3.25. The van der Waals surface area contributed by atoms with Crippen molar-refractivity contribution in [3.05, 3.63) is 78.3 Å². The van der Waals surface area contributed by atoms with Crippen molar-refractivity contribution in [3.63, 3.8) is 0 Å². The largest absolute Gasteiger partial charge is 0.477 e. The summed E-state index contributed by atoms with van der Waals surface area (Å²) in [6.07, 6.45) is 18.3. The van der Waals surface area contributed by atoms with Crippen molar-refractivity contribution in [1.29, 1.82) is 0 Å². The van der Waals surface area contributed by atoms with Crippen LogP contribution < -0.4 is 10.1 Å². The summed E-state index contributed by atoms with van der Waals surface area (Å²) in [6, 6.07) is 5.74. The van der Waals surface area contributed by atoms with E-state index in [0.29, 0.717) is 18.4 Å². The van der Waals surface area contributed by atoms with Gasteiger partial charge in [0.1, 0.15) is 0 Å². The zero-order valence-corrected chi connectivity index (χ0v) is 16.6. The van der Waals surface area contributed by atoms with E-state index in [9.17, 15) is 0 Å². The first-order valence-corrected chi connectivity index (χ1v) is 9.86. The van der Waals surface area contributed by atoms with E-state index in [1.807, 2.05) is 18.2 Å². The first kappa shape index (κ1) is 19.1. The molecule has 4 rings (SSSR count). The van der Waals surface area contributed by atoms with E-state index in [4.69, 9.17) is 4.74 Å². The topological polar surface area (TPSA) is 63.2 Å². The summed E-state index contributed by atoms with van der Waals surface area (Å²) < 4.78 is 5.81. The molecule has 2 aromatic rings. The maximum atomic E-state index is 5.81. The summed E-state index contributed by atoms with van der Waals surface area (Å²) in [7, 11) is 2.12. The number of ether oxygens (including phenoxy) is 1. The van der Waals surface area contributed by atoms with E-state index in [2.05, 4.69) is 68.7 Å². The molecule has 0 radical (unpaired) electrons. The summed E-state index contributed by atoms with van der Waals surface area (Å²) in [6.45, 7) is 2.34. The lowest BCUT2D eigenvalue weighted by Crippen LogP contribution is -2.21. The van der Waals surface area contributed by atoms with Crippen LogP contribution in [0.25, 0.3) is 11.3 Å². The molecule has 0 saturated heterocycles. The number of pyridine rings is 1. The number of hydrogen-bond donors (Lipinski definition) is 1. The fraction of sp³-hybridized carbons (Fsp3) is 0.261. The van der Waals surface area contributed by atoms with Crippen molar-refractivity contribution < 1.29 is 4.74 Å². The minimum Gasteiger partial charge on any atom is -0.477 e. The second-order valence-corrected chi connectivity index (χ2v) is 7.10. The quantitative estimate of drug-likeness (QED) is 0.690. The van der Waals surface area contributed by atoms with E-state index in [1.54, 1.807) is 12.4 Å². The average Bonchev–Trinajstić information content (AvgIpc) is 2.95. The van der Waals surface area contributed by atoms with Gasteiger partial charge < -0.3 is 10.1 Å². The highest BCUT2D eigenvalue weighted by molar-refractivity contribution is 5.61. The van der Waals surface area contributed by atoms with Gasteiger partial charge in [-0.15, -0.1) is 0 Å². The number of allylic oxidation sites excluding steroid dienone is 3. The number of likely N-dealkylation sites (N-methyl/N-ethyl adjacent to an activating group) is 1. The minimum absolute atomic E-state index is 0.572. The van der Waals surface area contributed by atoms with Crippen LogP contribution in [-0.4, -0.2) is 46.6 Å². The molecule has 0 fully saturated rings. The molecule has 2 aromatic heterocycles. The second-order valence-electron chi connectivity index (χ2n) is 7.10. The lowest BCUT2D eigenvalue weighted by Gasteiger charge is -2.16. The molecule has 1 aliphatic heterocycles. The first-order valence-electron chi connectivity index (χ1n) is 9.86. The fourth-order valence-corrected chi connectivity index (χ4v) is 3.24. The van der Waals surface area contributed by atoms with Crippen LogP contribution in [0.3, 0.4) is 0 Å². The van der Waals surface area contributed by atoms with Gasteiger partial charge in [-0.2, -0.15) is 0 Å². The Bertz CT molecular complexity index is 977. The maximum Gasteiger partial charge on any atom is 0.227 e. The predicted molar refractivity (Wildman–Crippen MR) is 116 cm³/mol. The molecule has 6 bridgehead atoms. The fourth-order valence-electron chi connectivity index (χ4n) is 3.24.